The molecule has 0 radical (unpaired) electrons. The van der Waals surface area contributed by atoms with Crippen LogP contribution in [0.1, 0.15) is 58.9 Å². The Morgan fingerprint density at radius 1 is 0.950 bits per heavy atom. The lowest BCUT2D eigenvalue weighted by molar-refractivity contribution is -0.259. The smallest absolute Gasteiger partial charge is 0.421 e. The fourth-order valence-electron chi connectivity index (χ4n) is 3.10. The average Bonchev–Trinajstić information content (AvgIpc) is 3.27. The van der Waals surface area contributed by atoms with Gasteiger partial charge in [0.15, 0.2) is 10.7 Å². The Bertz CT molecular complexity index is 1430. The molecule has 0 aliphatic carbocycles. The van der Waals surface area contributed by atoms with E-state index in [1.807, 2.05) is 0 Å². The number of hydrogen-bond donors (Lipinski definition) is 4. The molecule has 1 atom stereocenters. The first-order valence-corrected chi connectivity index (χ1v) is 12.3. The average molecular weight is 584 g/mol. The van der Waals surface area contributed by atoms with Crippen molar-refractivity contribution >= 4 is 45.9 Å². The number of rotatable bonds is 6. The molecule has 0 bridgehead atoms. The summed E-state index contributed by atoms with van der Waals surface area (Å²) >= 11 is 0.855. The van der Waals surface area contributed by atoms with Gasteiger partial charge in [0.2, 0.25) is 0 Å². The van der Waals surface area contributed by atoms with Crippen molar-refractivity contribution in [3.05, 3.63) is 64.0 Å². The number of pyridine rings is 1. The van der Waals surface area contributed by atoms with Crippen molar-refractivity contribution in [1.82, 2.24) is 9.97 Å². The molecule has 0 saturated carbocycles. The zero-order valence-electron chi connectivity index (χ0n) is 21.9. The molecule has 0 spiro atoms. The third-order valence-corrected chi connectivity index (χ3v) is 6.17. The quantitative estimate of drug-likeness (QED) is 0.277. The third-order valence-electron chi connectivity index (χ3n) is 5.26. The number of carbonyl (C=O) groups excluding carboxylic acids is 3. The van der Waals surface area contributed by atoms with Crippen molar-refractivity contribution in [3.63, 3.8) is 0 Å². The molecule has 15 heteroatoms. The van der Waals surface area contributed by atoms with E-state index in [2.05, 4.69) is 25.9 Å². The van der Waals surface area contributed by atoms with Crippen LogP contribution in [0.25, 0.3) is 0 Å². The first-order chi connectivity index (χ1) is 18.4. The summed E-state index contributed by atoms with van der Waals surface area (Å²) in [5.74, 6) is -2.76. The van der Waals surface area contributed by atoms with Crippen LogP contribution >= 0.6 is 11.3 Å². The third kappa shape index (κ3) is 7.30. The predicted octanol–water partition coefficient (Wildman–Crippen LogP) is 5.61. The lowest BCUT2D eigenvalue weighted by Gasteiger charge is -2.26. The molecule has 10 nitrogen and oxygen atoms in total. The topological polar surface area (TPSA) is 143 Å². The highest BCUT2D eigenvalue weighted by Crippen LogP contribution is 2.38. The fourth-order valence-corrected chi connectivity index (χ4v) is 3.79. The molecule has 3 aromatic rings. The van der Waals surface area contributed by atoms with Gasteiger partial charge in [0.05, 0.1) is 11.8 Å². The van der Waals surface area contributed by atoms with Crippen molar-refractivity contribution in [2.24, 2.45) is 0 Å². The Balaban J connectivity index is 1.73. The molecule has 3 rings (SSSR count). The number of aromatic nitrogens is 2. The summed E-state index contributed by atoms with van der Waals surface area (Å²) in [6.45, 7) is 7.11. The summed E-state index contributed by atoms with van der Waals surface area (Å²) < 4.78 is 58.8. The number of benzene rings is 1. The highest BCUT2D eigenvalue weighted by atomic mass is 32.1. The molecule has 0 saturated heterocycles. The highest BCUT2D eigenvalue weighted by Gasteiger charge is 2.51. The predicted molar refractivity (Wildman–Crippen MR) is 139 cm³/mol. The van der Waals surface area contributed by atoms with Crippen molar-refractivity contribution in [1.29, 1.82) is 0 Å². The van der Waals surface area contributed by atoms with Crippen molar-refractivity contribution in [3.8, 4) is 0 Å². The Morgan fingerprint density at radius 2 is 1.62 bits per heavy atom. The van der Waals surface area contributed by atoms with Gasteiger partial charge in [-0.2, -0.15) is 13.2 Å². The number of halogens is 4. The van der Waals surface area contributed by atoms with E-state index in [0.29, 0.717) is 6.92 Å². The van der Waals surface area contributed by atoms with Gasteiger partial charge in [0.25, 0.3) is 11.8 Å². The van der Waals surface area contributed by atoms with E-state index in [-0.39, 0.29) is 27.1 Å². The van der Waals surface area contributed by atoms with Gasteiger partial charge in [-0.3, -0.25) is 14.9 Å². The zero-order chi connectivity index (χ0) is 30.0. The van der Waals surface area contributed by atoms with Gasteiger partial charge >= 0.3 is 12.3 Å². The van der Waals surface area contributed by atoms with E-state index in [1.54, 1.807) is 20.8 Å². The Morgan fingerprint density at radius 3 is 2.20 bits per heavy atom. The Labute approximate surface area is 229 Å². The summed E-state index contributed by atoms with van der Waals surface area (Å²) in [6.07, 6.45) is -3.76. The number of anilines is 3. The summed E-state index contributed by atoms with van der Waals surface area (Å²) in [7, 11) is 0. The number of nitrogens with one attached hydrogen (secondary N) is 3. The van der Waals surface area contributed by atoms with Gasteiger partial charge in [-0.05, 0) is 58.4 Å². The van der Waals surface area contributed by atoms with E-state index in [4.69, 9.17) is 4.74 Å². The van der Waals surface area contributed by atoms with Crippen LogP contribution in [0.15, 0.2) is 36.7 Å². The second kappa shape index (κ2) is 11.2. The number of carbonyl (C=O) groups is 3. The van der Waals surface area contributed by atoms with Crippen LogP contribution in [0.4, 0.5) is 39.0 Å². The zero-order valence-corrected chi connectivity index (χ0v) is 22.7. The number of nitrogens with zero attached hydrogens (tertiary/aromatic N) is 2. The minimum absolute atomic E-state index is 0.0936. The SMILES string of the molecule is Cc1cc(F)c(C(=O)Nc2ccc(C(C)(O)C(F)(F)F)cn2)cc1NC(=O)c1cnc(NC(=O)OC(C)(C)C)s1. The number of amides is 3. The summed E-state index contributed by atoms with van der Waals surface area (Å²) in [5.41, 5.74) is -4.56. The summed E-state index contributed by atoms with van der Waals surface area (Å²) in [4.78, 5) is 45.1. The molecule has 40 heavy (non-hydrogen) atoms. The van der Waals surface area contributed by atoms with Gasteiger partial charge in [0.1, 0.15) is 22.1 Å². The molecule has 2 heterocycles. The molecule has 0 aliphatic heterocycles. The Hall–Kier alpha value is -4.11. The molecular weight excluding hydrogens is 558 g/mol. The van der Waals surface area contributed by atoms with Crippen molar-refractivity contribution in [2.75, 3.05) is 16.0 Å². The van der Waals surface area contributed by atoms with Crippen LogP contribution in [-0.4, -0.2) is 44.8 Å². The number of thiazole rings is 1. The molecule has 1 aromatic carbocycles. The van der Waals surface area contributed by atoms with Crippen LogP contribution in [0.3, 0.4) is 0 Å². The van der Waals surface area contributed by atoms with Crippen molar-refractivity contribution < 1.29 is 41.8 Å². The van der Waals surface area contributed by atoms with E-state index < -0.39 is 52.2 Å². The molecule has 2 aromatic heterocycles. The van der Waals surface area contributed by atoms with E-state index in [9.17, 15) is 37.1 Å². The summed E-state index contributed by atoms with van der Waals surface area (Å²) in [5, 5.41) is 17.1. The first-order valence-electron chi connectivity index (χ1n) is 11.5. The number of aryl methyl sites for hydroxylation is 1. The largest absolute Gasteiger partial charge is 0.444 e. The molecule has 4 N–H and O–H groups in total. The fraction of sp³-hybridized carbons (Fsp3) is 0.320. The Kier molecular flexibility index (Phi) is 8.50. The summed E-state index contributed by atoms with van der Waals surface area (Å²) in [6, 6.07) is 4.05. The van der Waals surface area contributed by atoms with Gasteiger partial charge in [0, 0.05) is 17.4 Å². The van der Waals surface area contributed by atoms with E-state index >= 15 is 0 Å². The highest BCUT2D eigenvalue weighted by molar-refractivity contribution is 7.17. The standard InChI is InChI=1S/C25H25F4N5O5S/c1-12-8-15(26)14(19(35)33-18-7-6-13(10-30-18)24(5,38)25(27,28)29)9-16(12)32-20(36)17-11-31-21(40-17)34-22(37)39-23(2,3)4/h6-11,38H,1-5H3,(H,32,36)(H,30,33,35)(H,31,34,37). The minimum atomic E-state index is -4.96. The van der Waals surface area contributed by atoms with Gasteiger partial charge in [-0.25, -0.2) is 19.2 Å². The van der Waals surface area contributed by atoms with Crippen LogP contribution in [0, 0.1) is 12.7 Å². The molecule has 214 valence electrons. The lowest BCUT2D eigenvalue weighted by Crippen LogP contribution is -2.39. The molecule has 0 aliphatic rings. The number of aliphatic hydroxyl groups is 1. The lowest BCUT2D eigenvalue weighted by atomic mass is 9.97. The number of hydrogen-bond acceptors (Lipinski definition) is 8. The minimum Gasteiger partial charge on any atom is -0.444 e. The molecular formula is C25H25F4N5O5S. The van der Waals surface area contributed by atoms with Gasteiger partial charge < -0.3 is 20.5 Å². The maximum Gasteiger partial charge on any atom is 0.421 e. The molecule has 3 amide bonds. The van der Waals surface area contributed by atoms with Crippen LogP contribution in [-0.2, 0) is 10.3 Å². The second-order valence-electron chi connectivity index (χ2n) is 9.71. The van der Waals surface area contributed by atoms with E-state index in [1.165, 1.54) is 13.1 Å². The van der Waals surface area contributed by atoms with Gasteiger partial charge in [-0.15, -0.1) is 0 Å². The number of alkyl halides is 3. The maximum atomic E-state index is 14.6. The van der Waals surface area contributed by atoms with Gasteiger partial charge in [-0.1, -0.05) is 17.4 Å². The monoisotopic (exact) mass is 583 g/mol. The van der Waals surface area contributed by atoms with Crippen LogP contribution in [0.5, 0.6) is 0 Å². The normalized spacial score (nSPS) is 13.2. The van der Waals surface area contributed by atoms with Crippen LogP contribution < -0.4 is 16.0 Å². The first kappa shape index (κ1) is 30.4. The number of ether oxygens (including phenoxy) is 1. The molecule has 0 fully saturated rings. The second-order valence-corrected chi connectivity index (χ2v) is 10.7. The maximum absolute atomic E-state index is 14.6. The van der Waals surface area contributed by atoms with Crippen molar-refractivity contribution in [2.45, 2.75) is 52.0 Å². The van der Waals surface area contributed by atoms with Crippen LogP contribution in [0.2, 0.25) is 0 Å². The molecule has 1 unspecified atom stereocenters. The van der Waals surface area contributed by atoms with E-state index in [0.717, 1.165) is 41.8 Å².